The maximum atomic E-state index is 9.52. The van der Waals surface area contributed by atoms with E-state index in [9.17, 15) is 5.11 Å². The van der Waals surface area contributed by atoms with Crippen LogP contribution in [-0.4, -0.2) is 5.11 Å². The smallest absolute Gasteiger partial charge is 0.115 e. The lowest BCUT2D eigenvalue weighted by Gasteiger charge is -2.21. The number of aromatic hydroxyl groups is 1. The molecule has 2 aromatic carbocycles. The fourth-order valence-electron chi connectivity index (χ4n) is 2.18. The average molecular weight is 320 g/mol. The van der Waals surface area contributed by atoms with Crippen LogP contribution in [0.1, 0.15) is 37.1 Å². The Hall–Kier alpha value is -1.32. The first kappa shape index (κ1) is 14.1. The first-order valence-corrected chi connectivity index (χ1v) is 7.16. The Morgan fingerprint density at radius 1 is 1.00 bits per heavy atom. The SMILES string of the molecule is CC(N[C@@H](C)c1ccccc1Br)c1cccc(O)c1. The number of rotatable bonds is 4. The van der Waals surface area contributed by atoms with Gasteiger partial charge in [-0.25, -0.2) is 0 Å². The van der Waals surface area contributed by atoms with E-state index in [4.69, 9.17) is 0 Å². The highest BCUT2D eigenvalue weighted by Gasteiger charge is 2.13. The zero-order chi connectivity index (χ0) is 13.8. The maximum Gasteiger partial charge on any atom is 0.115 e. The van der Waals surface area contributed by atoms with E-state index in [-0.39, 0.29) is 12.1 Å². The molecule has 0 aliphatic heterocycles. The molecular weight excluding hydrogens is 302 g/mol. The van der Waals surface area contributed by atoms with Crippen molar-refractivity contribution in [3.8, 4) is 5.75 Å². The molecule has 0 saturated carbocycles. The molecule has 0 aliphatic carbocycles. The van der Waals surface area contributed by atoms with E-state index in [0.717, 1.165) is 10.0 Å². The number of nitrogens with one attached hydrogen (secondary N) is 1. The summed E-state index contributed by atoms with van der Waals surface area (Å²) in [5.74, 6) is 0.305. The van der Waals surface area contributed by atoms with Crippen molar-refractivity contribution < 1.29 is 5.11 Å². The summed E-state index contributed by atoms with van der Waals surface area (Å²) in [6.07, 6.45) is 0. The third-order valence-corrected chi connectivity index (χ3v) is 3.96. The first-order valence-electron chi connectivity index (χ1n) is 6.37. The summed E-state index contributed by atoms with van der Waals surface area (Å²) in [5.41, 5.74) is 2.31. The predicted molar refractivity (Wildman–Crippen MR) is 82.2 cm³/mol. The second kappa shape index (κ2) is 6.22. The van der Waals surface area contributed by atoms with E-state index >= 15 is 0 Å². The summed E-state index contributed by atoms with van der Waals surface area (Å²) in [7, 11) is 0. The fourth-order valence-corrected chi connectivity index (χ4v) is 2.81. The van der Waals surface area contributed by atoms with Gasteiger partial charge in [-0.1, -0.05) is 46.3 Å². The third-order valence-electron chi connectivity index (χ3n) is 3.24. The van der Waals surface area contributed by atoms with Crippen molar-refractivity contribution >= 4 is 15.9 Å². The van der Waals surface area contributed by atoms with E-state index in [1.807, 2.05) is 30.3 Å². The largest absolute Gasteiger partial charge is 0.508 e. The summed E-state index contributed by atoms with van der Waals surface area (Å²) >= 11 is 3.57. The van der Waals surface area contributed by atoms with Crippen LogP contribution in [0.5, 0.6) is 5.75 Å². The lowest BCUT2D eigenvalue weighted by molar-refractivity contribution is 0.466. The molecular formula is C16H18BrNO. The van der Waals surface area contributed by atoms with Crippen LogP contribution in [0, 0.1) is 0 Å². The molecule has 1 unspecified atom stereocenters. The topological polar surface area (TPSA) is 32.3 Å². The first-order chi connectivity index (χ1) is 9.08. The van der Waals surface area contributed by atoms with Crippen molar-refractivity contribution in [2.45, 2.75) is 25.9 Å². The highest BCUT2D eigenvalue weighted by molar-refractivity contribution is 9.10. The Labute approximate surface area is 122 Å². The normalized spacial score (nSPS) is 14.1. The van der Waals surface area contributed by atoms with Gasteiger partial charge in [-0.2, -0.15) is 0 Å². The van der Waals surface area contributed by atoms with Crippen LogP contribution in [0.25, 0.3) is 0 Å². The molecule has 2 atom stereocenters. The van der Waals surface area contributed by atoms with Gasteiger partial charge in [0.1, 0.15) is 5.75 Å². The van der Waals surface area contributed by atoms with E-state index in [0.29, 0.717) is 5.75 Å². The van der Waals surface area contributed by atoms with Gasteiger partial charge in [0.15, 0.2) is 0 Å². The number of hydrogen-bond donors (Lipinski definition) is 2. The minimum Gasteiger partial charge on any atom is -0.508 e. The molecule has 0 amide bonds. The molecule has 0 bridgehead atoms. The Morgan fingerprint density at radius 2 is 1.74 bits per heavy atom. The lowest BCUT2D eigenvalue weighted by Crippen LogP contribution is -2.22. The minimum atomic E-state index is 0.175. The average Bonchev–Trinajstić information content (AvgIpc) is 2.39. The van der Waals surface area contributed by atoms with Crippen molar-refractivity contribution in [3.63, 3.8) is 0 Å². The van der Waals surface area contributed by atoms with Crippen molar-refractivity contribution in [1.82, 2.24) is 5.32 Å². The van der Waals surface area contributed by atoms with E-state index in [1.54, 1.807) is 12.1 Å². The van der Waals surface area contributed by atoms with Crippen molar-refractivity contribution in [2.75, 3.05) is 0 Å². The van der Waals surface area contributed by atoms with Gasteiger partial charge in [-0.3, -0.25) is 0 Å². The summed E-state index contributed by atoms with van der Waals surface area (Å²) in [5, 5.41) is 13.1. The maximum absolute atomic E-state index is 9.52. The fraction of sp³-hybridized carbons (Fsp3) is 0.250. The van der Waals surface area contributed by atoms with Crippen LogP contribution in [0.4, 0.5) is 0 Å². The highest BCUT2D eigenvalue weighted by atomic mass is 79.9. The summed E-state index contributed by atoms with van der Waals surface area (Å²) in [4.78, 5) is 0. The molecule has 0 heterocycles. The molecule has 0 aliphatic rings. The second-order valence-corrected chi connectivity index (χ2v) is 5.58. The predicted octanol–water partition coefficient (Wildman–Crippen LogP) is 4.57. The van der Waals surface area contributed by atoms with Crippen LogP contribution < -0.4 is 5.32 Å². The summed E-state index contributed by atoms with van der Waals surface area (Å²) in [6.45, 7) is 4.24. The number of hydrogen-bond acceptors (Lipinski definition) is 2. The minimum absolute atomic E-state index is 0.175. The lowest BCUT2D eigenvalue weighted by atomic mass is 10.0. The Kier molecular flexibility index (Phi) is 4.61. The van der Waals surface area contributed by atoms with Crippen LogP contribution in [-0.2, 0) is 0 Å². The van der Waals surface area contributed by atoms with Gasteiger partial charge in [0.05, 0.1) is 0 Å². The quantitative estimate of drug-likeness (QED) is 0.865. The Bertz CT molecular complexity index is 556. The standard InChI is InChI=1S/C16H18BrNO/c1-11(13-6-5-7-14(19)10-13)18-12(2)15-8-3-4-9-16(15)17/h3-12,18-19H,1-2H3/t11?,12-/m0/s1. The number of phenols is 1. The zero-order valence-electron chi connectivity index (χ0n) is 11.1. The van der Waals surface area contributed by atoms with E-state index in [2.05, 4.69) is 41.2 Å². The molecule has 0 saturated heterocycles. The van der Waals surface area contributed by atoms with E-state index < -0.39 is 0 Å². The number of phenolic OH excluding ortho intramolecular Hbond substituents is 1. The Morgan fingerprint density at radius 3 is 2.42 bits per heavy atom. The van der Waals surface area contributed by atoms with E-state index in [1.165, 1.54) is 5.56 Å². The van der Waals surface area contributed by atoms with Gasteiger partial charge in [-0.05, 0) is 43.2 Å². The van der Waals surface area contributed by atoms with Crippen molar-refractivity contribution in [2.24, 2.45) is 0 Å². The summed E-state index contributed by atoms with van der Waals surface area (Å²) < 4.78 is 1.11. The Balaban J connectivity index is 2.11. The van der Waals surface area contributed by atoms with Crippen LogP contribution in [0.2, 0.25) is 0 Å². The van der Waals surface area contributed by atoms with Crippen LogP contribution >= 0.6 is 15.9 Å². The van der Waals surface area contributed by atoms with Crippen LogP contribution in [0.15, 0.2) is 53.0 Å². The van der Waals surface area contributed by atoms with Crippen LogP contribution in [0.3, 0.4) is 0 Å². The van der Waals surface area contributed by atoms with Gasteiger partial charge >= 0.3 is 0 Å². The molecule has 0 fully saturated rings. The molecule has 2 nitrogen and oxygen atoms in total. The molecule has 2 aromatic rings. The van der Waals surface area contributed by atoms with Gasteiger partial charge in [0, 0.05) is 16.6 Å². The number of halogens is 1. The highest BCUT2D eigenvalue weighted by Crippen LogP contribution is 2.26. The zero-order valence-corrected chi connectivity index (χ0v) is 12.7. The number of benzene rings is 2. The third kappa shape index (κ3) is 3.58. The molecule has 2 rings (SSSR count). The molecule has 3 heteroatoms. The molecule has 19 heavy (non-hydrogen) atoms. The van der Waals surface area contributed by atoms with Gasteiger partial charge in [0.25, 0.3) is 0 Å². The van der Waals surface area contributed by atoms with Crippen molar-refractivity contribution in [1.29, 1.82) is 0 Å². The second-order valence-electron chi connectivity index (χ2n) is 4.73. The van der Waals surface area contributed by atoms with Crippen molar-refractivity contribution in [3.05, 3.63) is 64.1 Å². The van der Waals surface area contributed by atoms with Gasteiger partial charge in [0.2, 0.25) is 0 Å². The van der Waals surface area contributed by atoms with Gasteiger partial charge < -0.3 is 10.4 Å². The monoisotopic (exact) mass is 319 g/mol. The molecule has 100 valence electrons. The molecule has 0 radical (unpaired) electrons. The summed E-state index contributed by atoms with van der Waals surface area (Å²) in [6, 6.07) is 16.0. The molecule has 2 N–H and O–H groups in total. The molecule has 0 aromatic heterocycles. The van der Waals surface area contributed by atoms with Gasteiger partial charge in [-0.15, -0.1) is 0 Å². The molecule has 0 spiro atoms.